The number of carbonyl (C=O) groups excluding carboxylic acids is 3. The van der Waals surface area contributed by atoms with E-state index in [9.17, 15) is 18.8 Å². The lowest BCUT2D eigenvalue weighted by Crippen LogP contribution is -2.39. The van der Waals surface area contributed by atoms with Gasteiger partial charge in [0, 0.05) is 24.3 Å². The van der Waals surface area contributed by atoms with E-state index in [-0.39, 0.29) is 23.8 Å². The van der Waals surface area contributed by atoms with E-state index in [0.717, 1.165) is 0 Å². The molecule has 0 aliphatic carbocycles. The molecule has 0 atom stereocenters. The number of carbonyl (C=O) groups is 3. The second kappa shape index (κ2) is 9.69. The van der Waals surface area contributed by atoms with Gasteiger partial charge in [0.15, 0.2) is 5.78 Å². The monoisotopic (exact) mass is 416 g/mol. The Kier molecular flexibility index (Phi) is 7.54. The van der Waals surface area contributed by atoms with Crippen LogP contribution in [0.4, 0.5) is 4.39 Å². The highest BCUT2D eigenvalue weighted by Gasteiger charge is 2.29. The number of Topliss-reactive ketones (excluding diaryl/α,β-unsaturated/α-hetero) is 1. The number of rotatable bonds is 8. The molecule has 30 heavy (non-hydrogen) atoms. The summed E-state index contributed by atoms with van der Waals surface area (Å²) in [6, 6.07) is 5.73. The molecule has 0 saturated heterocycles. The maximum Gasteiger partial charge on any atom is 0.354 e. The largest absolute Gasteiger partial charge is 0.464 e. The minimum atomic E-state index is -0.624. The van der Waals surface area contributed by atoms with Crippen molar-refractivity contribution in [3.63, 3.8) is 0 Å². The van der Waals surface area contributed by atoms with Crippen LogP contribution in [0.5, 0.6) is 0 Å². The third-order valence-corrected chi connectivity index (χ3v) is 5.05. The summed E-state index contributed by atoms with van der Waals surface area (Å²) in [7, 11) is 1.29. The number of halogens is 1. The van der Waals surface area contributed by atoms with Gasteiger partial charge < -0.3 is 14.2 Å². The Morgan fingerprint density at radius 2 is 1.80 bits per heavy atom. The van der Waals surface area contributed by atoms with Crippen LogP contribution in [0.15, 0.2) is 24.3 Å². The van der Waals surface area contributed by atoms with Crippen molar-refractivity contribution < 1.29 is 23.5 Å². The number of benzene rings is 1. The zero-order valence-electron chi connectivity index (χ0n) is 18.4. The average Bonchev–Trinajstić information content (AvgIpc) is 2.95. The van der Waals surface area contributed by atoms with Crippen LogP contribution >= 0.6 is 0 Å². The van der Waals surface area contributed by atoms with Crippen molar-refractivity contribution >= 4 is 17.7 Å². The summed E-state index contributed by atoms with van der Waals surface area (Å²) < 4.78 is 20.8. The number of ketones is 1. The minimum absolute atomic E-state index is 0.0687. The zero-order chi connectivity index (χ0) is 22.6. The van der Waals surface area contributed by atoms with E-state index >= 15 is 0 Å². The van der Waals surface area contributed by atoms with E-state index in [2.05, 4.69) is 0 Å². The summed E-state index contributed by atoms with van der Waals surface area (Å²) in [6.45, 7) is 9.77. The summed E-state index contributed by atoms with van der Waals surface area (Å²) >= 11 is 0. The highest BCUT2D eigenvalue weighted by molar-refractivity contribution is 6.06. The van der Waals surface area contributed by atoms with E-state index in [1.807, 2.05) is 20.8 Å². The number of hydrogen-bond acceptors (Lipinski definition) is 4. The number of esters is 1. The molecule has 0 saturated carbocycles. The van der Waals surface area contributed by atoms with Gasteiger partial charge in [-0.1, -0.05) is 26.0 Å². The fraction of sp³-hybridized carbons (Fsp3) is 0.435. The van der Waals surface area contributed by atoms with Crippen molar-refractivity contribution in [3.8, 4) is 0 Å². The van der Waals surface area contributed by atoms with Gasteiger partial charge in [-0.2, -0.15) is 0 Å². The van der Waals surface area contributed by atoms with Crippen molar-refractivity contribution in [2.45, 2.75) is 41.2 Å². The number of ether oxygens (including phenoxy) is 1. The van der Waals surface area contributed by atoms with Gasteiger partial charge >= 0.3 is 5.97 Å². The van der Waals surface area contributed by atoms with Crippen molar-refractivity contribution in [2.24, 2.45) is 5.92 Å². The van der Waals surface area contributed by atoms with Crippen LogP contribution in [0.2, 0.25) is 0 Å². The normalized spacial score (nSPS) is 10.9. The number of amides is 1. The van der Waals surface area contributed by atoms with Gasteiger partial charge in [-0.25, -0.2) is 9.18 Å². The molecule has 2 aromatic rings. The molecule has 0 N–H and O–H groups in total. The Morgan fingerprint density at radius 3 is 2.33 bits per heavy atom. The Bertz CT molecular complexity index is 962. The molecule has 162 valence electrons. The lowest BCUT2D eigenvalue weighted by atomic mass is 10.0. The topological polar surface area (TPSA) is 68.6 Å². The van der Waals surface area contributed by atoms with Gasteiger partial charge in [-0.3, -0.25) is 9.59 Å². The SMILES string of the molecule is CCn1c(C)c(C(=O)CN(CC(C)C)C(=O)c2ccccc2F)c(C)c1C(=O)OC. The number of aromatic nitrogens is 1. The molecular formula is C23H29FN2O4. The maximum absolute atomic E-state index is 14.2. The van der Waals surface area contributed by atoms with Gasteiger partial charge in [0.1, 0.15) is 11.5 Å². The van der Waals surface area contributed by atoms with Crippen molar-refractivity contribution in [3.05, 3.63) is 58.2 Å². The number of hydrogen-bond donors (Lipinski definition) is 0. The van der Waals surface area contributed by atoms with Gasteiger partial charge in [0.25, 0.3) is 5.91 Å². The third-order valence-electron chi connectivity index (χ3n) is 5.05. The molecule has 2 rings (SSSR count). The molecule has 0 radical (unpaired) electrons. The fourth-order valence-corrected chi connectivity index (χ4v) is 3.78. The molecule has 6 nitrogen and oxygen atoms in total. The van der Waals surface area contributed by atoms with Crippen molar-refractivity contribution in [2.75, 3.05) is 20.2 Å². The summed E-state index contributed by atoms with van der Waals surface area (Å²) in [5, 5.41) is 0. The molecule has 1 aromatic heterocycles. The first-order valence-corrected chi connectivity index (χ1v) is 9.98. The van der Waals surface area contributed by atoms with E-state index in [0.29, 0.717) is 35.6 Å². The predicted molar refractivity (Wildman–Crippen MR) is 112 cm³/mol. The molecule has 0 aliphatic rings. The lowest BCUT2D eigenvalue weighted by molar-refractivity contribution is 0.0587. The Morgan fingerprint density at radius 1 is 1.17 bits per heavy atom. The first-order chi connectivity index (χ1) is 14.1. The lowest BCUT2D eigenvalue weighted by Gasteiger charge is -2.24. The summed E-state index contributed by atoms with van der Waals surface area (Å²) in [5.41, 5.74) is 1.82. The van der Waals surface area contributed by atoms with E-state index in [4.69, 9.17) is 4.74 Å². The quantitative estimate of drug-likeness (QED) is 0.481. The van der Waals surface area contributed by atoms with Crippen LogP contribution in [0, 0.1) is 25.6 Å². The smallest absolute Gasteiger partial charge is 0.354 e. The Balaban J connectivity index is 2.44. The molecule has 7 heteroatoms. The van der Waals surface area contributed by atoms with Crippen molar-refractivity contribution in [1.29, 1.82) is 0 Å². The standard InChI is InChI=1S/C23H29FN2O4/c1-7-26-16(5)20(15(4)21(26)23(29)30-6)19(27)13-25(12-14(2)3)22(28)17-10-8-9-11-18(17)24/h8-11,14H,7,12-13H2,1-6H3. The summed E-state index contributed by atoms with van der Waals surface area (Å²) in [4.78, 5) is 39.8. The van der Waals surface area contributed by atoms with Crippen LogP contribution in [-0.2, 0) is 11.3 Å². The molecule has 0 fully saturated rings. The Hall–Kier alpha value is -2.96. The van der Waals surface area contributed by atoms with Crippen LogP contribution in [-0.4, -0.2) is 47.3 Å². The first-order valence-electron chi connectivity index (χ1n) is 9.98. The van der Waals surface area contributed by atoms with Gasteiger partial charge in [-0.05, 0) is 44.4 Å². The molecule has 1 heterocycles. The molecule has 0 spiro atoms. The van der Waals surface area contributed by atoms with Crippen LogP contribution in [0.25, 0.3) is 0 Å². The maximum atomic E-state index is 14.2. The Labute approximate surface area is 176 Å². The number of nitrogens with zero attached hydrogens (tertiary/aromatic N) is 2. The summed E-state index contributed by atoms with van der Waals surface area (Å²) in [6.07, 6.45) is 0. The molecule has 1 amide bonds. The average molecular weight is 416 g/mol. The van der Waals surface area contributed by atoms with E-state index in [1.54, 1.807) is 24.5 Å². The molecule has 0 aliphatic heterocycles. The first kappa shape index (κ1) is 23.3. The van der Waals surface area contributed by atoms with Gasteiger partial charge in [0.05, 0.1) is 19.2 Å². The molecule has 0 unspecified atom stereocenters. The second-order valence-electron chi connectivity index (χ2n) is 7.65. The fourth-order valence-electron chi connectivity index (χ4n) is 3.78. The van der Waals surface area contributed by atoms with Gasteiger partial charge in [-0.15, -0.1) is 0 Å². The van der Waals surface area contributed by atoms with Crippen LogP contribution < -0.4 is 0 Å². The molecule has 0 bridgehead atoms. The third kappa shape index (κ3) is 4.61. The van der Waals surface area contributed by atoms with Crippen molar-refractivity contribution in [1.82, 2.24) is 9.47 Å². The zero-order valence-corrected chi connectivity index (χ0v) is 18.4. The second-order valence-corrected chi connectivity index (χ2v) is 7.65. The predicted octanol–water partition coefficient (Wildman–Crippen LogP) is 4.03. The highest BCUT2D eigenvalue weighted by Crippen LogP contribution is 2.24. The molecular weight excluding hydrogens is 387 g/mol. The summed E-state index contributed by atoms with van der Waals surface area (Å²) in [5.74, 6) is -1.89. The number of methoxy groups -OCH3 is 1. The molecule has 1 aromatic carbocycles. The highest BCUT2D eigenvalue weighted by atomic mass is 19.1. The van der Waals surface area contributed by atoms with Crippen LogP contribution in [0.3, 0.4) is 0 Å². The van der Waals surface area contributed by atoms with Gasteiger partial charge in [0.2, 0.25) is 0 Å². The van der Waals surface area contributed by atoms with Crippen LogP contribution in [0.1, 0.15) is 63.2 Å². The van der Waals surface area contributed by atoms with E-state index < -0.39 is 17.7 Å². The van der Waals surface area contributed by atoms with E-state index in [1.165, 1.54) is 30.2 Å². The minimum Gasteiger partial charge on any atom is -0.464 e.